The van der Waals surface area contributed by atoms with Crippen LogP contribution in [0, 0.1) is 0 Å². The SMILES string of the molecule is CNCC(O)c1ccc2nc3n(c2c1)CCC3. The first-order valence-corrected chi connectivity index (χ1v) is 6.11. The van der Waals surface area contributed by atoms with Gasteiger partial charge >= 0.3 is 0 Å². The van der Waals surface area contributed by atoms with Gasteiger partial charge in [-0.3, -0.25) is 0 Å². The van der Waals surface area contributed by atoms with Crippen molar-refractivity contribution in [3.63, 3.8) is 0 Å². The first kappa shape index (κ1) is 10.7. The fraction of sp³-hybridized carbons (Fsp3) is 0.462. The lowest BCUT2D eigenvalue weighted by Crippen LogP contribution is -2.16. The molecule has 1 unspecified atom stereocenters. The second-order valence-electron chi connectivity index (χ2n) is 4.60. The van der Waals surface area contributed by atoms with Crippen LogP contribution in [-0.2, 0) is 13.0 Å². The normalized spacial score (nSPS) is 16.4. The second-order valence-corrected chi connectivity index (χ2v) is 4.60. The molecule has 90 valence electrons. The predicted molar refractivity (Wildman–Crippen MR) is 66.9 cm³/mol. The molecule has 1 aliphatic rings. The van der Waals surface area contributed by atoms with Crippen LogP contribution in [-0.4, -0.2) is 28.3 Å². The molecule has 4 nitrogen and oxygen atoms in total. The Morgan fingerprint density at radius 2 is 2.41 bits per heavy atom. The fourth-order valence-electron chi connectivity index (χ4n) is 2.54. The average molecular weight is 231 g/mol. The highest BCUT2D eigenvalue weighted by atomic mass is 16.3. The molecule has 3 rings (SSSR count). The zero-order chi connectivity index (χ0) is 11.8. The highest BCUT2D eigenvalue weighted by Gasteiger charge is 2.17. The minimum atomic E-state index is -0.447. The lowest BCUT2D eigenvalue weighted by molar-refractivity contribution is 0.178. The highest BCUT2D eigenvalue weighted by molar-refractivity contribution is 5.77. The molecule has 2 aromatic rings. The number of hydrogen-bond acceptors (Lipinski definition) is 3. The van der Waals surface area contributed by atoms with E-state index in [1.54, 1.807) is 0 Å². The van der Waals surface area contributed by atoms with E-state index in [9.17, 15) is 5.11 Å². The second kappa shape index (κ2) is 4.13. The Kier molecular flexibility index (Phi) is 2.61. The van der Waals surface area contributed by atoms with E-state index in [4.69, 9.17) is 0 Å². The van der Waals surface area contributed by atoms with Gasteiger partial charge in [0.2, 0.25) is 0 Å². The number of aryl methyl sites for hydroxylation is 2. The maximum Gasteiger partial charge on any atom is 0.109 e. The van der Waals surface area contributed by atoms with Crippen molar-refractivity contribution in [3.05, 3.63) is 29.6 Å². The molecule has 17 heavy (non-hydrogen) atoms. The molecule has 1 aliphatic heterocycles. The molecule has 2 heterocycles. The molecular weight excluding hydrogens is 214 g/mol. The van der Waals surface area contributed by atoms with E-state index >= 15 is 0 Å². The highest BCUT2D eigenvalue weighted by Crippen LogP contribution is 2.25. The summed E-state index contributed by atoms with van der Waals surface area (Å²) in [6.45, 7) is 1.63. The summed E-state index contributed by atoms with van der Waals surface area (Å²) in [5.41, 5.74) is 3.16. The number of fused-ring (bicyclic) bond motifs is 3. The van der Waals surface area contributed by atoms with Crippen LogP contribution in [0.3, 0.4) is 0 Å². The van der Waals surface area contributed by atoms with Crippen molar-refractivity contribution < 1.29 is 5.11 Å². The summed E-state index contributed by atoms with van der Waals surface area (Å²) in [5.74, 6) is 1.18. The summed E-state index contributed by atoms with van der Waals surface area (Å²) < 4.78 is 2.27. The van der Waals surface area contributed by atoms with Crippen LogP contribution < -0.4 is 5.32 Å². The van der Waals surface area contributed by atoms with E-state index in [0.29, 0.717) is 6.54 Å². The number of aliphatic hydroxyl groups excluding tert-OH is 1. The minimum absolute atomic E-state index is 0.447. The zero-order valence-electron chi connectivity index (χ0n) is 9.98. The summed E-state index contributed by atoms with van der Waals surface area (Å²) in [6.07, 6.45) is 1.81. The molecule has 0 saturated carbocycles. The largest absolute Gasteiger partial charge is 0.387 e. The Balaban J connectivity index is 2.05. The minimum Gasteiger partial charge on any atom is -0.387 e. The molecule has 0 fully saturated rings. The summed E-state index contributed by atoms with van der Waals surface area (Å²) in [6, 6.07) is 6.04. The Morgan fingerprint density at radius 1 is 1.53 bits per heavy atom. The number of imidazole rings is 1. The first-order valence-electron chi connectivity index (χ1n) is 6.11. The van der Waals surface area contributed by atoms with Crippen molar-refractivity contribution >= 4 is 11.0 Å². The van der Waals surface area contributed by atoms with Gasteiger partial charge in [-0.1, -0.05) is 6.07 Å². The molecule has 0 bridgehead atoms. The predicted octanol–water partition coefficient (Wildman–Crippen LogP) is 1.24. The number of benzene rings is 1. The van der Waals surface area contributed by atoms with Crippen LogP contribution in [0.15, 0.2) is 18.2 Å². The molecule has 0 radical (unpaired) electrons. The zero-order valence-corrected chi connectivity index (χ0v) is 9.98. The molecule has 0 saturated heterocycles. The maximum atomic E-state index is 9.97. The number of nitrogens with zero attached hydrogens (tertiary/aromatic N) is 2. The smallest absolute Gasteiger partial charge is 0.109 e. The molecule has 1 aromatic carbocycles. The van der Waals surface area contributed by atoms with E-state index in [-0.39, 0.29) is 0 Å². The third kappa shape index (κ3) is 1.73. The fourth-order valence-corrected chi connectivity index (χ4v) is 2.54. The first-order chi connectivity index (χ1) is 8.29. The number of aliphatic hydroxyl groups is 1. The molecule has 2 N–H and O–H groups in total. The molecule has 0 aliphatic carbocycles. The Morgan fingerprint density at radius 3 is 3.24 bits per heavy atom. The van der Waals surface area contributed by atoms with Crippen LogP contribution in [0.1, 0.15) is 23.9 Å². The van der Waals surface area contributed by atoms with Crippen LogP contribution in [0.4, 0.5) is 0 Å². The van der Waals surface area contributed by atoms with Crippen molar-refractivity contribution in [3.8, 4) is 0 Å². The third-order valence-corrected chi connectivity index (χ3v) is 3.42. The van der Waals surface area contributed by atoms with Gasteiger partial charge in [-0.05, 0) is 31.2 Å². The van der Waals surface area contributed by atoms with Crippen LogP contribution in [0.5, 0.6) is 0 Å². The van der Waals surface area contributed by atoms with Crippen molar-refractivity contribution in [2.75, 3.05) is 13.6 Å². The monoisotopic (exact) mass is 231 g/mol. The summed E-state index contributed by atoms with van der Waals surface area (Å²) in [5, 5.41) is 13.0. The van der Waals surface area contributed by atoms with Crippen LogP contribution in [0.2, 0.25) is 0 Å². The van der Waals surface area contributed by atoms with Gasteiger partial charge < -0.3 is 15.0 Å². The maximum absolute atomic E-state index is 9.97. The van der Waals surface area contributed by atoms with Gasteiger partial charge in [-0.2, -0.15) is 0 Å². The molecule has 1 aromatic heterocycles. The van der Waals surface area contributed by atoms with Crippen LogP contribution in [0.25, 0.3) is 11.0 Å². The van der Waals surface area contributed by atoms with E-state index in [2.05, 4.69) is 20.9 Å². The van der Waals surface area contributed by atoms with Gasteiger partial charge in [0.15, 0.2) is 0 Å². The molecule has 0 amide bonds. The van der Waals surface area contributed by atoms with Crippen molar-refractivity contribution in [1.82, 2.24) is 14.9 Å². The summed E-state index contributed by atoms with van der Waals surface area (Å²) in [4.78, 5) is 4.61. The van der Waals surface area contributed by atoms with E-state index in [0.717, 1.165) is 29.6 Å². The van der Waals surface area contributed by atoms with Crippen molar-refractivity contribution in [2.24, 2.45) is 0 Å². The number of nitrogens with one attached hydrogen (secondary N) is 1. The molecule has 4 heteroatoms. The van der Waals surface area contributed by atoms with Gasteiger partial charge in [-0.25, -0.2) is 4.98 Å². The summed E-state index contributed by atoms with van der Waals surface area (Å²) in [7, 11) is 1.85. The molecule has 0 spiro atoms. The standard InChI is InChI=1S/C13H17N3O/c1-14-8-12(17)9-4-5-10-11(7-9)16-6-2-3-13(16)15-10/h4-5,7,12,14,17H,2-3,6,8H2,1H3. The lowest BCUT2D eigenvalue weighted by Gasteiger charge is -2.10. The number of rotatable bonds is 3. The summed E-state index contributed by atoms with van der Waals surface area (Å²) >= 11 is 0. The third-order valence-electron chi connectivity index (χ3n) is 3.42. The number of aromatic nitrogens is 2. The van der Waals surface area contributed by atoms with Crippen molar-refractivity contribution in [1.29, 1.82) is 0 Å². The van der Waals surface area contributed by atoms with Gasteiger partial charge in [-0.15, -0.1) is 0 Å². The number of hydrogen-bond donors (Lipinski definition) is 2. The Bertz CT molecular complexity index is 547. The topological polar surface area (TPSA) is 50.1 Å². The lowest BCUT2D eigenvalue weighted by atomic mass is 10.1. The molecule has 1 atom stereocenters. The Labute approximate surface area is 100 Å². The van der Waals surface area contributed by atoms with E-state index in [1.807, 2.05) is 19.2 Å². The van der Waals surface area contributed by atoms with Crippen molar-refractivity contribution in [2.45, 2.75) is 25.5 Å². The van der Waals surface area contributed by atoms with Gasteiger partial charge in [0.1, 0.15) is 5.82 Å². The quantitative estimate of drug-likeness (QED) is 0.835. The Hall–Kier alpha value is -1.39. The number of likely N-dealkylation sites (N-methyl/N-ethyl adjacent to an activating group) is 1. The average Bonchev–Trinajstić information content (AvgIpc) is 2.88. The van der Waals surface area contributed by atoms with E-state index in [1.165, 1.54) is 12.2 Å². The van der Waals surface area contributed by atoms with Gasteiger partial charge in [0.25, 0.3) is 0 Å². The molecular formula is C13H17N3O. The van der Waals surface area contributed by atoms with Crippen LogP contribution >= 0.6 is 0 Å². The van der Waals surface area contributed by atoms with E-state index < -0.39 is 6.10 Å². The van der Waals surface area contributed by atoms with Gasteiger partial charge in [0, 0.05) is 19.5 Å². The van der Waals surface area contributed by atoms with Gasteiger partial charge in [0.05, 0.1) is 17.1 Å².